The van der Waals surface area contributed by atoms with Crippen LogP contribution in [0.2, 0.25) is 0 Å². The molecule has 3 heteroatoms. The first-order valence-electron chi connectivity index (χ1n) is 9.47. The maximum absolute atomic E-state index is 10.5. The van der Waals surface area contributed by atoms with Crippen LogP contribution in [0.15, 0.2) is 53.6 Å². The van der Waals surface area contributed by atoms with Gasteiger partial charge in [0.15, 0.2) is 0 Å². The molecule has 3 nitrogen and oxygen atoms in total. The quantitative estimate of drug-likeness (QED) is 0.439. The van der Waals surface area contributed by atoms with E-state index in [0.29, 0.717) is 12.8 Å². The van der Waals surface area contributed by atoms with E-state index in [1.165, 1.54) is 17.2 Å². The molecule has 2 N–H and O–H groups in total. The van der Waals surface area contributed by atoms with Crippen LogP contribution in [0.4, 0.5) is 0 Å². The minimum Gasteiger partial charge on any atom is -0.507 e. The van der Waals surface area contributed by atoms with Crippen molar-refractivity contribution in [2.45, 2.75) is 40.5 Å². The molecule has 2 aromatic carbocycles. The van der Waals surface area contributed by atoms with Gasteiger partial charge in [0.25, 0.3) is 0 Å². The number of allylic oxidation sites excluding steroid dienone is 4. The van der Waals surface area contributed by atoms with Gasteiger partial charge in [-0.3, -0.25) is 0 Å². The summed E-state index contributed by atoms with van der Waals surface area (Å²) in [6.07, 6.45) is 9.36. The molecule has 0 bridgehead atoms. The first-order valence-corrected chi connectivity index (χ1v) is 9.47. The number of benzene rings is 2. The van der Waals surface area contributed by atoms with Crippen molar-refractivity contribution in [3.63, 3.8) is 0 Å². The molecule has 0 saturated heterocycles. The summed E-state index contributed by atoms with van der Waals surface area (Å²) >= 11 is 0. The Morgan fingerprint density at radius 2 is 1.32 bits per heavy atom. The zero-order valence-electron chi connectivity index (χ0n) is 17.4. The number of phenols is 2. The van der Waals surface area contributed by atoms with Gasteiger partial charge < -0.3 is 14.9 Å². The van der Waals surface area contributed by atoms with Crippen molar-refractivity contribution in [2.75, 3.05) is 7.11 Å². The van der Waals surface area contributed by atoms with Crippen LogP contribution in [0, 0.1) is 0 Å². The molecule has 28 heavy (non-hydrogen) atoms. The van der Waals surface area contributed by atoms with E-state index < -0.39 is 0 Å². The molecule has 148 valence electrons. The Labute approximate surface area is 168 Å². The van der Waals surface area contributed by atoms with Crippen LogP contribution in [-0.4, -0.2) is 17.3 Å². The zero-order chi connectivity index (χ0) is 20.7. The summed E-state index contributed by atoms with van der Waals surface area (Å²) in [5, 5.41) is 21.0. The van der Waals surface area contributed by atoms with Gasteiger partial charge in [-0.25, -0.2) is 0 Å². The van der Waals surface area contributed by atoms with Crippen LogP contribution in [0.1, 0.15) is 49.9 Å². The van der Waals surface area contributed by atoms with Crippen molar-refractivity contribution >= 4 is 12.2 Å². The highest BCUT2D eigenvalue weighted by Crippen LogP contribution is 2.35. The Hall–Kier alpha value is -2.94. The van der Waals surface area contributed by atoms with E-state index in [2.05, 4.69) is 12.2 Å². The SMILES string of the molecule is COc1ccc(/C=C\c2c(CC=C(C)C)c(O)cc(O)c2CC=C(C)C)cc1. The third-order valence-corrected chi connectivity index (χ3v) is 4.53. The monoisotopic (exact) mass is 378 g/mol. The Balaban J connectivity index is 2.55. The summed E-state index contributed by atoms with van der Waals surface area (Å²) in [4.78, 5) is 0. The molecule has 0 aromatic heterocycles. The molecule has 0 amide bonds. The van der Waals surface area contributed by atoms with Crippen molar-refractivity contribution in [3.05, 3.63) is 75.9 Å². The summed E-state index contributed by atoms with van der Waals surface area (Å²) in [5.41, 5.74) is 5.89. The number of hydrogen-bond donors (Lipinski definition) is 2. The maximum atomic E-state index is 10.5. The van der Waals surface area contributed by atoms with E-state index >= 15 is 0 Å². The third-order valence-electron chi connectivity index (χ3n) is 4.53. The lowest BCUT2D eigenvalue weighted by Crippen LogP contribution is -1.97. The molecule has 2 aromatic rings. The molecule has 0 saturated carbocycles. The molecule has 0 aliphatic rings. The zero-order valence-corrected chi connectivity index (χ0v) is 17.4. The van der Waals surface area contributed by atoms with Crippen LogP contribution in [0.5, 0.6) is 17.2 Å². The number of ether oxygens (including phenoxy) is 1. The second kappa shape index (κ2) is 9.84. The molecular formula is C25H30O3. The molecule has 0 aliphatic heterocycles. The van der Waals surface area contributed by atoms with Crippen molar-refractivity contribution in [2.24, 2.45) is 0 Å². The standard InChI is InChI=1S/C25H30O3/c1-17(2)6-13-22-21(15-10-19-8-11-20(28-5)12-9-19)23(14-7-18(3)4)25(27)16-24(22)26/h6-12,15-16,26-27H,13-14H2,1-5H3/b15-10-. The van der Waals surface area contributed by atoms with E-state index in [-0.39, 0.29) is 11.5 Å². The minimum atomic E-state index is 0.116. The van der Waals surface area contributed by atoms with Crippen LogP contribution in [0.3, 0.4) is 0 Å². The fraction of sp³-hybridized carbons (Fsp3) is 0.280. The highest BCUT2D eigenvalue weighted by Gasteiger charge is 2.15. The smallest absolute Gasteiger partial charge is 0.123 e. The summed E-state index contributed by atoms with van der Waals surface area (Å²) in [5.74, 6) is 1.04. The number of hydrogen-bond acceptors (Lipinski definition) is 3. The van der Waals surface area contributed by atoms with Gasteiger partial charge in [0, 0.05) is 17.2 Å². The van der Waals surface area contributed by atoms with Gasteiger partial charge in [-0.05, 0) is 63.8 Å². The molecule has 0 aliphatic carbocycles. The molecular weight excluding hydrogens is 348 g/mol. The topological polar surface area (TPSA) is 49.7 Å². The van der Waals surface area contributed by atoms with E-state index in [9.17, 15) is 10.2 Å². The van der Waals surface area contributed by atoms with Crippen molar-refractivity contribution < 1.29 is 14.9 Å². The average molecular weight is 379 g/mol. The first kappa shape index (κ1) is 21.4. The lowest BCUT2D eigenvalue weighted by molar-refractivity contribution is 0.415. The number of rotatable bonds is 7. The van der Waals surface area contributed by atoms with E-state index in [1.807, 2.05) is 64.1 Å². The van der Waals surface area contributed by atoms with E-state index in [1.54, 1.807) is 7.11 Å². The van der Waals surface area contributed by atoms with E-state index in [0.717, 1.165) is 28.0 Å². The van der Waals surface area contributed by atoms with Gasteiger partial charge in [-0.1, -0.05) is 47.6 Å². The first-order chi connectivity index (χ1) is 13.3. The highest BCUT2D eigenvalue weighted by atomic mass is 16.5. The molecule has 0 spiro atoms. The minimum absolute atomic E-state index is 0.116. The normalized spacial score (nSPS) is 10.8. The number of aromatic hydroxyl groups is 2. The predicted molar refractivity (Wildman–Crippen MR) is 118 cm³/mol. The fourth-order valence-corrected chi connectivity index (χ4v) is 2.90. The van der Waals surface area contributed by atoms with Gasteiger partial charge in [-0.2, -0.15) is 0 Å². The van der Waals surface area contributed by atoms with Gasteiger partial charge >= 0.3 is 0 Å². The van der Waals surface area contributed by atoms with E-state index in [4.69, 9.17) is 4.74 Å². The van der Waals surface area contributed by atoms with Crippen LogP contribution >= 0.6 is 0 Å². The van der Waals surface area contributed by atoms with Crippen molar-refractivity contribution in [3.8, 4) is 17.2 Å². The summed E-state index contributed by atoms with van der Waals surface area (Å²) < 4.78 is 5.21. The van der Waals surface area contributed by atoms with Gasteiger partial charge in [0.2, 0.25) is 0 Å². The Kier molecular flexibility index (Phi) is 7.51. The fourth-order valence-electron chi connectivity index (χ4n) is 2.90. The second-order valence-electron chi connectivity index (χ2n) is 7.36. The number of phenolic OH excluding ortho intramolecular Hbond substituents is 2. The number of methoxy groups -OCH3 is 1. The molecule has 2 rings (SSSR count). The molecule has 0 unspecified atom stereocenters. The molecule has 0 fully saturated rings. The van der Waals surface area contributed by atoms with Gasteiger partial charge in [0.1, 0.15) is 17.2 Å². The summed E-state index contributed by atoms with van der Waals surface area (Å²) in [6, 6.07) is 9.22. The summed E-state index contributed by atoms with van der Waals surface area (Å²) in [6.45, 7) is 8.14. The van der Waals surface area contributed by atoms with Crippen molar-refractivity contribution in [1.29, 1.82) is 0 Å². The largest absolute Gasteiger partial charge is 0.507 e. The highest BCUT2D eigenvalue weighted by molar-refractivity contribution is 5.76. The van der Waals surface area contributed by atoms with Crippen LogP contribution in [0.25, 0.3) is 12.2 Å². The Morgan fingerprint density at radius 3 is 1.75 bits per heavy atom. The lowest BCUT2D eigenvalue weighted by Gasteiger charge is -2.15. The van der Waals surface area contributed by atoms with Crippen molar-refractivity contribution in [1.82, 2.24) is 0 Å². The lowest BCUT2D eigenvalue weighted by atomic mass is 9.93. The Bertz CT molecular complexity index is 848. The molecule has 0 heterocycles. The second-order valence-corrected chi connectivity index (χ2v) is 7.36. The average Bonchev–Trinajstić information content (AvgIpc) is 2.64. The van der Waals surface area contributed by atoms with Gasteiger partial charge in [0.05, 0.1) is 7.11 Å². The van der Waals surface area contributed by atoms with Crippen LogP contribution < -0.4 is 4.74 Å². The predicted octanol–water partition coefficient (Wildman–Crippen LogP) is 6.29. The Morgan fingerprint density at radius 1 is 0.821 bits per heavy atom. The molecule has 0 radical (unpaired) electrons. The third kappa shape index (κ3) is 5.78. The summed E-state index contributed by atoms with van der Waals surface area (Å²) in [7, 11) is 1.64. The van der Waals surface area contributed by atoms with Crippen LogP contribution in [-0.2, 0) is 12.8 Å². The maximum Gasteiger partial charge on any atom is 0.123 e. The molecule has 0 atom stereocenters. The van der Waals surface area contributed by atoms with Gasteiger partial charge in [-0.15, -0.1) is 0 Å².